The number of alkyl halides is 3. The second-order valence-electron chi connectivity index (χ2n) is 7.34. The third kappa shape index (κ3) is 3.29. The van der Waals surface area contributed by atoms with Crippen LogP contribution in [0.1, 0.15) is 48.2 Å². The Hall–Kier alpha value is -2.25. The highest BCUT2D eigenvalue weighted by Crippen LogP contribution is 2.40. The molecule has 0 aromatic heterocycles. The first-order valence-electron chi connectivity index (χ1n) is 7.96. The van der Waals surface area contributed by atoms with Gasteiger partial charge >= 0.3 is 12.3 Å². The van der Waals surface area contributed by atoms with Crippen LogP contribution >= 0.6 is 0 Å². The van der Waals surface area contributed by atoms with Crippen molar-refractivity contribution < 1.29 is 27.5 Å². The van der Waals surface area contributed by atoms with E-state index >= 15 is 0 Å². The summed E-state index contributed by atoms with van der Waals surface area (Å²) in [6.07, 6.45) is -5.15. The Morgan fingerprint density at radius 1 is 1.24 bits per heavy atom. The number of nitrogens with one attached hydrogen (secondary N) is 1. The van der Waals surface area contributed by atoms with Crippen LogP contribution in [0.2, 0.25) is 0 Å². The summed E-state index contributed by atoms with van der Waals surface area (Å²) in [6.45, 7) is 5.62. The molecule has 5 nitrogen and oxygen atoms in total. The lowest BCUT2D eigenvalue weighted by Crippen LogP contribution is -2.45. The molecule has 1 aromatic rings. The number of amides is 2. The third-order valence-corrected chi connectivity index (χ3v) is 4.32. The maximum atomic E-state index is 13.2. The number of hydrogen-bond acceptors (Lipinski definition) is 3. The van der Waals surface area contributed by atoms with Crippen LogP contribution in [0, 0.1) is 0 Å². The monoisotopic (exact) mass is 356 g/mol. The van der Waals surface area contributed by atoms with E-state index in [0.717, 1.165) is 6.07 Å². The van der Waals surface area contributed by atoms with Crippen molar-refractivity contribution in [3.8, 4) is 0 Å². The van der Waals surface area contributed by atoms with Gasteiger partial charge in [-0.1, -0.05) is 12.1 Å². The van der Waals surface area contributed by atoms with E-state index in [2.05, 4.69) is 5.32 Å². The van der Waals surface area contributed by atoms with Crippen LogP contribution in [0.25, 0.3) is 0 Å². The minimum Gasteiger partial charge on any atom is -0.444 e. The van der Waals surface area contributed by atoms with Crippen molar-refractivity contribution in [2.45, 2.75) is 44.5 Å². The number of carbonyl (C=O) groups is 2. The number of likely N-dealkylation sites (tertiary alicyclic amines) is 1. The molecule has 136 valence electrons. The molecular weight excluding hydrogens is 337 g/mol. The number of carbonyl (C=O) groups excluding carboxylic acids is 2. The molecule has 1 N–H and O–H groups in total. The van der Waals surface area contributed by atoms with E-state index in [4.69, 9.17) is 4.74 Å². The fourth-order valence-electron chi connectivity index (χ4n) is 3.35. The van der Waals surface area contributed by atoms with Crippen molar-refractivity contribution in [1.29, 1.82) is 0 Å². The summed E-state index contributed by atoms with van der Waals surface area (Å²) in [5.74, 6) is -1.14. The molecule has 2 aliphatic rings. The molecule has 1 fully saturated rings. The van der Waals surface area contributed by atoms with Crippen LogP contribution < -0.4 is 5.32 Å². The Morgan fingerprint density at radius 3 is 2.52 bits per heavy atom. The van der Waals surface area contributed by atoms with Gasteiger partial charge in [-0.2, -0.15) is 13.2 Å². The Kier molecular flexibility index (Phi) is 3.96. The lowest BCUT2D eigenvalue weighted by molar-refractivity contribution is -0.138. The van der Waals surface area contributed by atoms with Gasteiger partial charge in [0.2, 0.25) is 0 Å². The molecule has 0 bridgehead atoms. The van der Waals surface area contributed by atoms with Crippen LogP contribution in [0.3, 0.4) is 0 Å². The number of halogens is 3. The molecule has 1 unspecified atom stereocenters. The van der Waals surface area contributed by atoms with E-state index < -0.39 is 35.4 Å². The maximum absolute atomic E-state index is 13.2. The highest BCUT2D eigenvalue weighted by Gasteiger charge is 2.46. The average molecular weight is 356 g/mol. The lowest BCUT2D eigenvalue weighted by atomic mass is 9.84. The molecule has 2 heterocycles. The average Bonchev–Trinajstić information content (AvgIpc) is 2.88. The topological polar surface area (TPSA) is 58.6 Å². The van der Waals surface area contributed by atoms with Crippen LogP contribution in [0.15, 0.2) is 18.2 Å². The molecule has 0 aliphatic carbocycles. The highest BCUT2D eigenvalue weighted by molar-refractivity contribution is 5.99. The highest BCUT2D eigenvalue weighted by atomic mass is 19.4. The molecule has 3 rings (SSSR count). The zero-order valence-electron chi connectivity index (χ0n) is 14.1. The van der Waals surface area contributed by atoms with Gasteiger partial charge in [0, 0.05) is 19.0 Å². The van der Waals surface area contributed by atoms with E-state index in [9.17, 15) is 22.8 Å². The molecular formula is C17H19F3N2O3. The molecule has 0 radical (unpaired) electrons. The van der Waals surface area contributed by atoms with Gasteiger partial charge in [0.25, 0.3) is 5.91 Å². The summed E-state index contributed by atoms with van der Waals surface area (Å²) in [7, 11) is 0. The number of benzene rings is 1. The van der Waals surface area contributed by atoms with Gasteiger partial charge in [-0.3, -0.25) is 4.79 Å². The molecule has 8 heteroatoms. The van der Waals surface area contributed by atoms with Gasteiger partial charge in [-0.05, 0) is 32.4 Å². The molecule has 2 amide bonds. The summed E-state index contributed by atoms with van der Waals surface area (Å²) in [5, 5.41) is 2.61. The zero-order valence-corrected chi connectivity index (χ0v) is 14.1. The van der Waals surface area contributed by atoms with Gasteiger partial charge in [0.1, 0.15) is 5.60 Å². The van der Waals surface area contributed by atoms with Crippen LogP contribution in [0.5, 0.6) is 0 Å². The van der Waals surface area contributed by atoms with Crippen molar-refractivity contribution >= 4 is 12.0 Å². The molecule has 1 aromatic carbocycles. The fourth-order valence-corrected chi connectivity index (χ4v) is 3.35. The number of hydrogen-bond donors (Lipinski definition) is 1. The third-order valence-electron chi connectivity index (χ3n) is 4.32. The summed E-state index contributed by atoms with van der Waals surface area (Å²) < 4.78 is 45.0. The first kappa shape index (κ1) is 17.6. The Bertz CT molecular complexity index is 725. The quantitative estimate of drug-likeness (QED) is 0.777. The van der Waals surface area contributed by atoms with Gasteiger partial charge < -0.3 is 15.0 Å². The summed E-state index contributed by atoms with van der Waals surface area (Å²) in [5.41, 5.74) is -1.64. The van der Waals surface area contributed by atoms with Crippen molar-refractivity contribution in [2.75, 3.05) is 13.1 Å². The fraction of sp³-hybridized carbons (Fsp3) is 0.529. The first-order valence-corrected chi connectivity index (χ1v) is 7.96. The molecule has 25 heavy (non-hydrogen) atoms. The van der Waals surface area contributed by atoms with E-state index in [-0.39, 0.29) is 24.6 Å². The zero-order chi connectivity index (χ0) is 18.6. The van der Waals surface area contributed by atoms with Gasteiger partial charge in [-0.15, -0.1) is 0 Å². The second kappa shape index (κ2) is 5.64. The second-order valence-corrected chi connectivity index (χ2v) is 7.34. The molecule has 0 spiro atoms. The largest absolute Gasteiger partial charge is 0.444 e. The van der Waals surface area contributed by atoms with Crippen LogP contribution in [-0.4, -0.2) is 41.6 Å². The van der Waals surface area contributed by atoms with Crippen molar-refractivity contribution in [1.82, 2.24) is 10.2 Å². The van der Waals surface area contributed by atoms with Crippen molar-refractivity contribution in [3.05, 3.63) is 34.9 Å². The maximum Gasteiger partial charge on any atom is 0.417 e. The Labute approximate surface area is 143 Å². The molecule has 1 saturated heterocycles. The normalized spacial score (nSPS) is 23.0. The van der Waals surface area contributed by atoms with Gasteiger partial charge in [0.15, 0.2) is 0 Å². The predicted octanol–water partition coefficient (Wildman–Crippen LogP) is 3.15. The molecule has 0 saturated carbocycles. The van der Waals surface area contributed by atoms with Crippen molar-refractivity contribution in [3.63, 3.8) is 0 Å². The lowest BCUT2D eigenvalue weighted by Gasteiger charge is -2.29. The Morgan fingerprint density at radius 2 is 1.92 bits per heavy atom. The minimum atomic E-state index is -4.61. The summed E-state index contributed by atoms with van der Waals surface area (Å²) in [6, 6.07) is 3.31. The van der Waals surface area contributed by atoms with Crippen molar-refractivity contribution in [2.24, 2.45) is 0 Å². The van der Waals surface area contributed by atoms with E-state index in [1.165, 1.54) is 17.0 Å². The molecule has 2 aliphatic heterocycles. The van der Waals surface area contributed by atoms with E-state index in [0.29, 0.717) is 5.56 Å². The predicted molar refractivity (Wildman–Crippen MR) is 83.2 cm³/mol. The van der Waals surface area contributed by atoms with Crippen LogP contribution in [0.4, 0.5) is 18.0 Å². The van der Waals surface area contributed by atoms with Gasteiger partial charge in [-0.25, -0.2) is 4.79 Å². The van der Waals surface area contributed by atoms with E-state index in [1.54, 1.807) is 20.8 Å². The smallest absolute Gasteiger partial charge is 0.417 e. The summed E-state index contributed by atoms with van der Waals surface area (Å²) >= 11 is 0. The van der Waals surface area contributed by atoms with E-state index in [1.807, 2.05) is 0 Å². The number of nitrogens with zero attached hydrogens (tertiary/aromatic N) is 1. The number of rotatable bonds is 0. The standard InChI is InChI=1S/C17H19F3N2O3/c1-16(2,3)25-15(24)22-7-10-9-5-4-6-11(17(18,19)20)13(9)14(23)21-12(10)8-22/h4-6,10,12H,7-8H2,1-3H3,(H,21,23)/t10?,12-/m1/s1. The molecule has 2 atom stereocenters. The van der Waals surface area contributed by atoms with Crippen LogP contribution in [-0.2, 0) is 10.9 Å². The minimum absolute atomic E-state index is 0.203. The number of ether oxygens (including phenoxy) is 1. The SMILES string of the molecule is CC(C)(C)OC(=O)N1CC2c3cccc(C(F)(F)F)c3C(=O)N[C@@H]2C1. The summed E-state index contributed by atoms with van der Waals surface area (Å²) in [4.78, 5) is 25.9. The van der Waals surface area contributed by atoms with Gasteiger partial charge in [0.05, 0.1) is 17.2 Å². The Balaban J connectivity index is 1.92. The first-order chi connectivity index (χ1) is 11.5. The number of fused-ring (bicyclic) bond motifs is 3.